The van der Waals surface area contributed by atoms with Crippen molar-refractivity contribution in [3.05, 3.63) is 0 Å². The SMILES string of the molecule is CCOP(OCC)OCCC(C)C=O. The summed E-state index contributed by atoms with van der Waals surface area (Å²) in [4.78, 5) is 10.3. The molecule has 0 aromatic carbocycles. The Hall–Kier alpha value is -0.0200. The number of rotatable bonds is 9. The summed E-state index contributed by atoms with van der Waals surface area (Å²) in [5.41, 5.74) is 0. The largest absolute Gasteiger partial charge is 0.332 e. The minimum Gasteiger partial charge on any atom is -0.313 e. The molecular weight excluding hydrogens is 203 g/mol. The van der Waals surface area contributed by atoms with E-state index in [2.05, 4.69) is 0 Å². The standard InChI is InChI=1S/C9H19O4P/c1-4-11-14(12-5-2)13-7-6-9(3)8-10/h8-9H,4-7H2,1-3H3. The Morgan fingerprint density at radius 3 is 2.21 bits per heavy atom. The average molecular weight is 222 g/mol. The van der Waals surface area contributed by atoms with Crippen LogP contribution in [-0.2, 0) is 18.4 Å². The van der Waals surface area contributed by atoms with Crippen molar-refractivity contribution < 1.29 is 18.4 Å². The summed E-state index contributed by atoms with van der Waals surface area (Å²) in [5, 5.41) is 0. The fourth-order valence-corrected chi connectivity index (χ4v) is 1.60. The summed E-state index contributed by atoms with van der Waals surface area (Å²) in [6.07, 6.45) is 1.63. The molecule has 1 atom stereocenters. The second-order valence-electron chi connectivity index (χ2n) is 2.79. The number of hydrogen-bond acceptors (Lipinski definition) is 4. The zero-order valence-corrected chi connectivity index (χ0v) is 9.96. The zero-order valence-electron chi connectivity index (χ0n) is 9.06. The van der Waals surface area contributed by atoms with E-state index in [4.69, 9.17) is 13.6 Å². The molecule has 1 unspecified atom stereocenters. The maximum atomic E-state index is 10.3. The lowest BCUT2D eigenvalue weighted by Gasteiger charge is -2.15. The molecule has 0 saturated heterocycles. The lowest BCUT2D eigenvalue weighted by Crippen LogP contribution is -2.02. The van der Waals surface area contributed by atoms with Crippen LogP contribution in [0.25, 0.3) is 0 Å². The van der Waals surface area contributed by atoms with Crippen molar-refractivity contribution in [2.45, 2.75) is 27.2 Å². The molecule has 0 N–H and O–H groups in total. The quantitative estimate of drug-likeness (QED) is 0.444. The number of aldehydes is 1. The molecule has 0 aliphatic carbocycles. The minimum absolute atomic E-state index is 0.0371. The molecule has 0 heterocycles. The molecule has 0 aromatic rings. The highest BCUT2D eigenvalue weighted by atomic mass is 31.2. The van der Waals surface area contributed by atoms with Crippen LogP contribution in [0.15, 0.2) is 0 Å². The van der Waals surface area contributed by atoms with E-state index < -0.39 is 8.60 Å². The maximum absolute atomic E-state index is 10.3. The van der Waals surface area contributed by atoms with E-state index in [9.17, 15) is 4.79 Å². The Morgan fingerprint density at radius 1 is 1.21 bits per heavy atom. The van der Waals surface area contributed by atoms with Gasteiger partial charge in [0, 0.05) is 5.92 Å². The van der Waals surface area contributed by atoms with Gasteiger partial charge in [-0.2, -0.15) is 0 Å². The first-order chi connectivity index (χ1) is 6.74. The summed E-state index contributed by atoms with van der Waals surface area (Å²) >= 11 is 0. The first kappa shape index (κ1) is 14.0. The third kappa shape index (κ3) is 7.39. The van der Waals surface area contributed by atoms with Crippen LogP contribution < -0.4 is 0 Å². The Bertz CT molecular complexity index is 137. The molecule has 0 amide bonds. The minimum atomic E-state index is -1.21. The number of carbonyl (C=O) groups excluding carboxylic acids is 1. The fraction of sp³-hybridized carbons (Fsp3) is 0.889. The molecular formula is C9H19O4P. The van der Waals surface area contributed by atoms with Crippen LogP contribution in [0.3, 0.4) is 0 Å². The molecule has 14 heavy (non-hydrogen) atoms. The summed E-state index contributed by atoms with van der Waals surface area (Å²) in [7, 11) is -1.21. The third-order valence-corrected chi connectivity index (χ3v) is 2.80. The smallest absolute Gasteiger partial charge is 0.313 e. The van der Waals surface area contributed by atoms with E-state index >= 15 is 0 Å². The molecule has 5 heteroatoms. The molecule has 0 spiro atoms. The monoisotopic (exact) mass is 222 g/mol. The molecule has 4 nitrogen and oxygen atoms in total. The highest BCUT2D eigenvalue weighted by Gasteiger charge is 2.10. The van der Waals surface area contributed by atoms with Crippen LogP contribution in [0, 0.1) is 5.92 Å². The zero-order chi connectivity index (χ0) is 10.8. The molecule has 0 saturated carbocycles. The predicted octanol–water partition coefficient (Wildman–Crippen LogP) is 2.53. The normalized spacial score (nSPS) is 13.1. The van der Waals surface area contributed by atoms with Gasteiger partial charge in [0.25, 0.3) is 0 Å². The molecule has 0 aromatic heterocycles. The Kier molecular flexibility index (Phi) is 9.52. The van der Waals surface area contributed by atoms with Crippen molar-refractivity contribution in [2.75, 3.05) is 19.8 Å². The first-order valence-corrected chi connectivity index (χ1v) is 5.98. The van der Waals surface area contributed by atoms with Gasteiger partial charge >= 0.3 is 8.60 Å². The topological polar surface area (TPSA) is 44.8 Å². The maximum Gasteiger partial charge on any atom is 0.332 e. The van der Waals surface area contributed by atoms with E-state index in [1.54, 1.807) is 0 Å². The van der Waals surface area contributed by atoms with Crippen molar-refractivity contribution >= 4 is 14.9 Å². The van der Waals surface area contributed by atoms with Crippen LogP contribution in [0.5, 0.6) is 0 Å². The third-order valence-electron chi connectivity index (χ3n) is 1.47. The van der Waals surface area contributed by atoms with Crippen LogP contribution >= 0.6 is 8.60 Å². The van der Waals surface area contributed by atoms with Crippen molar-refractivity contribution in [3.8, 4) is 0 Å². The van der Waals surface area contributed by atoms with Crippen LogP contribution in [-0.4, -0.2) is 26.1 Å². The highest BCUT2D eigenvalue weighted by molar-refractivity contribution is 7.41. The van der Waals surface area contributed by atoms with Gasteiger partial charge in [0.2, 0.25) is 0 Å². The van der Waals surface area contributed by atoms with Crippen molar-refractivity contribution in [1.29, 1.82) is 0 Å². The second-order valence-corrected chi connectivity index (χ2v) is 4.02. The first-order valence-electron chi connectivity index (χ1n) is 4.88. The summed E-state index contributed by atoms with van der Waals surface area (Å²) in [6, 6.07) is 0. The van der Waals surface area contributed by atoms with Gasteiger partial charge < -0.3 is 18.4 Å². The molecule has 84 valence electrons. The van der Waals surface area contributed by atoms with Crippen molar-refractivity contribution in [2.24, 2.45) is 5.92 Å². The lowest BCUT2D eigenvalue weighted by molar-refractivity contribution is -0.111. The summed E-state index contributed by atoms with van der Waals surface area (Å²) < 4.78 is 15.8. The van der Waals surface area contributed by atoms with Gasteiger partial charge in [-0.15, -0.1) is 0 Å². The van der Waals surface area contributed by atoms with Gasteiger partial charge in [0.1, 0.15) is 6.29 Å². The van der Waals surface area contributed by atoms with E-state index in [0.717, 1.165) is 6.29 Å². The molecule has 0 rings (SSSR count). The molecule has 0 bridgehead atoms. The number of hydrogen-bond donors (Lipinski definition) is 0. The molecule has 0 radical (unpaired) electrons. The molecule has 0 aliphatic heterocycles. The van der Waals surface area contributed by atoms with E-state index in [1.165, 1.54) is 0 Å². The highest BCUT2D eigenvalue weighted by Crippen LogP contribution is 2.39. The van der Waals surface area contributed by atoms with Crippen LogP contribution in [0.2, 0.25) is 0 Å². The van der Waals surface area contributed by atoms with E-state index in [0.29, 0.717) is 26.2 Å². The van der Waals surface area contributed by atoms with E-state index in [1.807, 2.05) is 20.8 Å². The number of carbonyl (C=O) groups is 1. The van der Waals surface area contributed by atoms with Gasteiger partial charge in [0.15, 0.2) is 0 Å². The fourth-order valence-electron chi connectivity index (χ4n) is 0.704. The van der Waals surface area contributed by atoms with Gasteiger partial charge in [-0.1, -0.05) is 6.92 Å². The van der Waals surface area contributed by atoms with Crippen molar-refractivity contribution in [3.63, 3.8) is 0 Å². The Labute approximate surface area is 86.9 Å². The van der Waals surface area contributed by atoms with Gasteiger partial charge in [-0.25, -0.2) is 0 Å². The van der Waals surface area contributed by atoms with Crippen LogP contribution in [0.1, 0.15) is 27.2 Å². The molecule has 0 fully saturated rings. The van der Waals surface area contributed by atoms with Crippen LogP contribution in [0.4, 0.5) is 0 Å². The van der Waals surface area contributed by atoms with Crippen molar-refractivity contribution in [1.82, 2.24) is 0 Å². The van der Waals surface area contributed by atoms with Gasteiger partial charge in [-0.3, -0.25) is 0 Å². The van der Waals surface area contributed by atoms with E-state index in [-0.39, 0.29) is 5.92 Å². The van der Waals surface area contributed by atoms with Gasteiger partial charge in [0.05, 0.1) is 19.8 Å². The summed E-state index contributed by atoms with van der Waals surface area (Å²) in [5.74, 6) is 0.0371. The Balaban J connectivity index is 3.53. The predicted molar refractivity (Wildman–Crippen MR) is 56.0 cm³/mol. The molecule has 0 aliphatic rings. The second kappa shape index (κ2) is 9.53. The summed E-state index contributed by atoms with van der Waals surface area (Å²) in [6.45, 7) is 7.31. The lowest BCUT2D eigenvalue weighted by atomic mass is 10.1. The Morgan fingerprint density at radius 2 is 1.79 bits per heavy atom. The van der Waals surface area contributed by atoms with Gasteiger partial charge in [-0.05, 0) is 20.3 Å². The average Bonchev–Trinajstić information content (AvgIpc) is 2.18.